The zero-order valence-electron chi connectivity index (χ0n) is 7.58. The van der Waals surface area contributed by atoms with Gasteiger partial charge in [0.1, 0.15) is 6.04 Å². The van der Waals surface area contributed by atoms with E-state index in [9.17, 15) is 9.18 Å². The van der Waals surface area contributed by atoms with E-state index in [1.54, 1.807) is 0 Å². The maximum absolute atomic E-state index is 13.1. The molecule has 15 heavy (non-hydrogen) atoms. The average molecular weight is 234 g/mol. The molecule has 0 amide bonds. The third-order valence-corrected chi connectivity index (χ3v) is 2.31. The van der Waals surface area contributed by atoms with E-state index >= 15 is 0 Å². The standard InChI is InChI=1S/C9H9ClFNO3/c10-7-4(3-5(12)9(14)15)1-2-6(13)8(7)11/h1-2,5,13H,3,12H2,(H,14,15)/t5-/m0/s1. The first-order valence-corrected chi connectivity index (χ1v) is 4.45. The van der Waals surface area contributed by atoms with Crippen molar-refractivity contribution in [1.29, 1.82) is 0 Å². The second-order valence-electron chi connectivity index (χ2n) is 3.02. The van der Waals surface area contributed by atoms with Gasteiger partial charge in [0.2, 0.25) is 0 Å². The molecule has 0 aliphatic heterocycles. The van der Waals surface area contributed by atoms with Gasteiger partial charge in [0.05, 0.1) is 5.02 Å². The van der Waals surface area contributed by atoms with E-state index in [1.165, 1.54) is 6.07 Å². The topological polar surface area (TPSA) is 83.5 Å². The second-order valence-corrected chi connectivity index (χ2v) is 3.40. The molecule has 0 bridgehead atoms. The van der Waals surface area contributed by atoms with Crippen LogP contribution in [0.2, 0.25) is 5.02 Å². The van der Waals surface area contributed by atoms with Crippen LogP contribution in [0.25, 0.3) is 0 Å². The number of halogens is 2. The first kappa shape index (κ1) is 11.7. The van der Waals surface area contributed by atoms with Gasteiger partial charge in [0.15, 0.2) is 11.6 Å². The number of carbonyl (C=O) groups is 1. The molecule has 0 unspecified atom stereocenters. The predicted molar refractivity (Wildman–Crippen MR) is 52.4 cm³/mol. The molecular weight excluding hydrogens is 225 g/mol. The van der Waals surface area contributed by atoms with Crippen molar-refractivity contribution >= 4 is 17.6 Å². The molecule has 0 aliphatic rings. The van der Waals surface area contributed by atoms with Crippen molar-refractivity contribution in [2.75, 3.05) is 0 Å². The summed E-state index contributed by atoms with van der Waals surface area (Å²) in [5.74, 6) is -2.74. The van der Waals surface area contributed by atoms with Crippen LogP contribution in [0.15, 0.2) is 12.1 Å². The quantitative estimate of drug-likeness (QED) is 0.731. The SMILES string of the molecule is N[C@@H](Cc1ccc(O)c(F)c1Cl)C(=O)O. The monoisotopic (exact) mass is 233 g/mol. The lowest BCUT2D eigenvalue weighted by molar-refractivity contribution is -0.138. The molecule has 1 rings (SSSR count). The van der Waals surface area contributed by atoms with E-state index in [-0.39, 0.29) is 17.0 Å². The molecule has 4 nitrogen and oxygen atoms in total. The fraction of sp³-hybridized carbons (Fsp3) is 0.222. The molecule has 82 valence electrons. The summed E-state index contributed by atoms with van der Waals surface area (Å²) in [6, 6.07) is 1.29. The van der Waals surface area contributed by atoms with Gasteiger partial charge >= 0.3 is 5.97 Å². The highest BCUT2D eigenvalue weighted by Gasteiger charge is 2.17. The van der Waals surface area contributed by atoms with Gasteiger partial charge in [0, 0.05) is 0 Å². The first-order chi connectivity index (χ1) is 6.93. The number of phenolic OH excluding ortho intramolecular Hbond substituents is 1. The number of rotatable bonds is 3. The highest BCUT2D eigenvalue weighted by atomic mass is 35.5. The molecule has 0 radical (unpaired) electrons. The second kappa shape index (κ2) is 4.46. The smallest absolute Gasteiger partial charge is 0.320 e. The summed E-state index contributed by atoms with van der Waals surface area (Å²) in [4.78, 5) is 10.5. The minimum absolute atomic E-state index is 0.0919. The van der Waals surface area contributed by atoms with Gasteiger partial charge in [-0.25, -0.2) is 4.39 Å². The number of aliphatic carboxylic acids is 1. The molecular formula is C9H9ClFNO3. The van der Waals surface area contributed by atoms with Crippen molar-refractivity contribution in [2.45, 2.75) is 12.5 Å². The zero-order chi connectivity index (χ0) is 11.6. The first-order valence-electron chi connectivity index (χ1n) is 4.07. The molecule has 4 N–H and O–H groups in total. The van der Waals surface area contributed by atoms with Gasteiger partial charge in [0.25, 0.3) is 0 Å². The van der Waals surface area contributed by atoms with E-state index in [0.29, 0.717) is 0 Å². The molecule has 1 aromatic carbocycles. The van der Waals surface area contributed by atoms with Crippen LogP contribution >= 0.6 is 11.6 Å². The molecule has 1 aromatic rings. The number of aromatic hydroxyl groups is 1. The lowest BCUT2D eigenvalue weighted by Gasteiger charge is -2.09. The summed E-state index contributed by atoms with van der Waals surface area (Å²) < 4.78 is 13.1. The molecule has 0 spiro atoms. The minimum atomic E-state index is -1.19. The maximum Gasteiger partial charge on any atom is 0.320 e. The average Bonchev–Trinajstić information content (AvgIpc) is 2.18. The molecule has 0 heterocycles. The lowest BCUT2D eigenvalue weighted by atomic mass is 10.1. The predicted octanol–water partition coefficient (Wildman–Crippen LogP) is 1.14. The zero-order valence-corrected chi connectivity index (χ0v) is 8.33. The molecule has 0 saturated carbocycles. The van der Waals surface area contributed by atoms with Crippen LogP contribution in [0.3, 0.4) is 0 Å². The number of phenols is 1. The van der Waals surface area contributed by atoms with Gasteiger partial charge in [-0.2, -0.15) is 0 Å². The number of carboxylic acids is 1. The van der Waals surface area contributed by atoms with Crippen molar-refractivity contribution in [2.24, 2.45) is 5.73 Å². The van der Waals surface area contributed by atoms with Crippen molar-refractivity contribution in [3.05, 3.63) is 28.5 Å². The van der Waals surface area contributed by atoms with E-state index < -0.39 is 23.6 Å². The maximum atomic E-state index is 13.1. The Kier molecular flexibility index (Phi) is 3.49. The van der Waals surface area contributed by atoms with E-state index in [0.717, 1.165) is 6.07 Å². The fourth-order valence-corrected chi connectivity index (χ4v) is 1.30. The molecule has 0 aliphatic carbocycles. The number of hydrogen-bond donors (Lipinski definition) is 3. The Morgan fingerprint density at radius 2 is 2.20 bits per heavy atom. The molecule has 1 atom stereocenters. The van der Waals surface area contributed by atoms with Crippen LogP contribution in [-0.4, -0.2) is 22.2 Å². The van der Waals surface area contributed by atoms with Crippen LogP contribution < -0.4 is 5.73 Å². The van der Waals surface area contributed by atoms with Crippen molar-refractivity contribution in [1.82, 2.24) is 0 Å². The summed E-state index contributed by atoms with van der Waals surface area (Å²) in [5, 5.41) is 17.2. The van der Waals surface area contributed by atoms with E-state index in [1.807, 2.05) is 0 Å². The van der Waals surface area contributed by atoms with Gasteiger partial charge in [-0.3, -0.25) is 4.79 Å². The van der Waals surface area contributed by atoms with Gasteiger partial charge in [-0.15, -0.1) is 0 Å². The van der Waals surface area contributed by atoms with Crippen molar-refractivity contribution in [3.8, 4) is 5.75 Å². The number of nitrogens with two attached hydrogens (primary N) is 1. The number of carboxylic acid groups (broad SMARTS) is 1. The van der Waals surface area contributed by atoms with Crippen LogP contribution in [0, 0.1) is 5.82 Å². The summed E-state index contributed by atoms with van der Waals surface area (Å²) in [6.07, 6.45) is -0.0919. The Labute approximate surface area is 90.1 Å². The Bertz CT molecular complexity index is 397. The summed E-state index contributed by atoms with van der Waals surface area (Å²) in [5.41, 5.74) is 5.51. The largest absolute Gasteiger partial charge is 0.505 e. The van der Waals surface area contributed by atoms with Gasteiger partial charge < -0.3 is 15.9 Å². The molecule has 6 heteroatoms. The number of hydrogen-bond acceptors (Lipinski definition) is 3. The van der Waals surface area contributed by atoms with Gasteiger partial charge in [-0.1, -0.05) is 17.7 Å². The fourth-order valence-electron chi connectivity index (χ4n) is 1.06. The van der Waals surface area contributed by atoms with Crippen LogP contribution in [0.5, 0.6) is 5.75 Å². The van der Waals surface area contributed by atoms with Crippen molar-refractivity contribution in [3.63, 3.8) is 0 Å². The lowest BCUT2D eigenvalue weighted by Crippen LogP contribution is -2.32. The Hall–Kier alpha value is -1.33. The summed E-state index contributed by atoms with van der Waals surface area (Å²) in [7, 11) is 0. The third kappa shape index (κ3) is 2.57. The van der Waals surface area contributed by atoms with E-state index in [2.05, 4.69) is 0 Å². The Morgan fingerprint density at radius 3 is 2.73 bits per heavy atom. The minimum Gasteiger partial charge on any atom is -0.505 e. The summed E-state index contributed by atoms with van der Waals surface area (Å²) in [6.45, 7) is 0. The van der Waals surface area contributed by atoms with Crippen LogP contribution in [0.1, 0.15) is 5.56 Å². The normalized spacial score (nSPS) is 12.5. The van der Waals surface area contributed by atoms with Gasteiger partial charge in [-0.05, 0) is 18.1 Å². The van der Waals surface area contributed by atoms with Crippen molar-refractivity contribution < 1.29 is 19.4 Å². The highest BCUT2D eigenvalue weighted by Crippen LogP contribution is 2.27. The van der Waals surface area contributed by atoms with Crippen LogP contribution in [-0.2, 0) is 11.2 Å². The van der Waals surface area contributed by atoms with E-state index in [4.69, 9.17) is 27.5 Å². The Balaban J connectivity index is 2.97. The molecule has 0 aromatic heterocycles. The Morgan fingerprint density at radius 1 is 1.60 bits per heavy atom. The summed E-state index contributed by atoms with van der Waals surface area (Å²) >= 11 is 5.56. The van der Waals surface area contributed by atoms with Crippen LogP contribution in [0.4, 0.5) is 4.39 Å². The highest BCUT2D eigenvalue weighted by molar-refractivity contribution is 6.31. The molecule has 0 fully saturated rings. The third-order valence-electron chi connectivity index (χ3n) is 1.90. The molecule has 0 saturated heterocycles. The number of benzene rings is 1.